The summed E-state index contributed by atoms with van der Waals surface area (Å²) < 4.78 is 65.5. The molecule has 754 valence electrons. The molecule has 5 aliphatic heterocycles. The third-order valence-corrected chi connectivity index (χ3v) is 31.6. The monoisotopic (exact) mass is 1920 g/mol. The van der Waals surface area contributed by atoms with Crippen LogP contribution in [-0.2, 0) is 79.7 Å². The lowest BCUT2D eigenvalue weighted by atomic mass is 9.73. The standard InChI is InChI=1S/C39H53N3O7.C37H51N3O7.C33H43N3O7/c1-9-11-12-15-25-20-31(25)47-33(43)22-27(39(7)18-13-14-19-39)36(44)42-23-32(24(3)34(42)37(45)49-38(4,5)6)48-35-28(10-2)40-29-17-16-26(46-8)21-30(29)41-35;1-22-30-21-40(32(22)35(43)47-36(2,3)4)34(42)25(37(5)16-10-11-17-37)20-31(41)45-29-18-23(29)12-8-7-9-13-27-33(46-30)39-28-19-24(44-6)14-15-26(28)38-27;1-19-27-18-36(29(19)32(39)40)31(38)22(33(2)13-7-8-14-33)17-28(37)42-26-15-20(26)9-5-4-6-10-24-30(43-27)35-25-16-21(41-3)11-12-23(25)34-24/h9-10,16-17,21,24-25,27,31-32,34H,1-2,11-15,18-20,22-23H2,3-8H3;14-15,19,22-23,25,29-30,32H,7-13,16-18,20-21H2,1-6H3;11-12,16,19-20,22,26-27,29H,4-10,13-15,17-18H2,1-3H3,(H,39,40)/t24-,25-,27-,31-,32+,34+;22-,23-,25-,29-,30+,32+;19-,20-,22-,26-,27+,29+/m111/s1. The fourth-order valence-electron chi connectivity index (χ4n) is 23.0. The van der Waals surface area contributed by atoms with Crippen LogP contribution in [-0.4, -0.2) is 210 Å². The second-order valence-electron chi connectivity index (χ2n) is 44.2. The van der Waals surface area contributed by atoms with Crippen molar-refractivity contribution >= 4 is 92.7 Å². The number of rotatable bonds is 20. The number of esters is 5. The number of methoxy groups -OCH3 is 3. The molecule has 1 N–H and O–H groups in total. The Morgan fingerprint density at radius 2 is 0.971 bits per heavy atom. The molecular weight excluding hydrogens is 1770 g/mol. The minimum atomic E-state index is -1.08. The van der Waals surface area contributed by atoms with Crippen LogP contribution in [0.25, 0.3) is 39.2 Å². The fraction of sp³-hybridized carbons (Fsp3) is 0.661. The van der Waals surface area contributed by atoms with Crippen molar-refractivity contribution in [1.29, 1.82) is 0 Å². The maximum Gasteiger partial charge on any atom is 0.329 e. The summed E-state index contributed by atoms with van der Waals surface area (Å²) in [4.78, 5) is 158. The molecule has 6 saturated carbocycles. The Bertz CT molecular complexity index is 5500. The number of carboxylic acids is 1. The van der Waals surface area contributed by atoms with Crippen molar-refractivity contribution in [3.05, 3.63) is 90.9 Å². The van der Waals surface area contributed by atoms with Gasteiger partial charge in [-0.25, -0.2) is 44.3 Å². The zero-order valence-corrected chi connectivity index (χ0v) is 84.3. The summed E-state index contributed by atoms with van der Waals surface area (Å²) in [6.45, 7) is 30.9. The first-order valence-electron chi connectivity index (χ1n) is 51.3. The van der Waals surface area contributed by atoms with E-state index in [9.17, 15) is 48.3 Å². The van der Waals surface area contributed by atoms with E-state index in [1.54, 1.807) is 64.0 Å². The SMILES string of the molecule is C=CCCC[C@@H]1C[C@H]1OC(=O)C[C@H](C(=O)N1C[C@H](Oc2nc3cc(OC)ccc3nc2C=C)[C@@H](C)[C@H]1C(=O)OC(C)(C)C)C1(C)CCCC1.COc1ccc2nc3c(nc2c1)O[C@H]1CN(C(=O)[C@H](C2(C)CCCC2)CC(=O)O[C@@H]2C[C@H]2CCCCC3)[C@H](C(=O)O)[C@@H]1C.COc1ccc2nc3c(nc2c1)O[C@H]1CN(C(=O)[C@H](C2(C)CCCC2)CC(=O)O[C@@H]2C[C@H]2CCCCC3)[C@H](C(=O)OC(C)(C)C)[C@@H]1C. The lowest BCUT2D eigenvalue weighted by molar-refractivity contribution is -0.167. The number of hydrogen-bond acceptors (Lipinski definition) is 26. The van der Waals surface area contributed by atoms with Gasteiger partial charge in [0, 0.05) is 36.0 Å². The number of carboxylic acid groups (broad SMARTS) is 1. The average molecular weight is 1920 g/mol. The molecule has 6 aliphatic carbocycles. The molecule has 3 aromatic carbocycles. The molecule has 4 bridgehead atoms. The van der Waals surface area contributed by atoms with Crippen LogP contribution in [0.15, 0.2) is 73.8 Å². The van der Waals surface area contributed by atoms with Crippen molar-refractivity contribution in [2.24, 2.45) is 69.5 Å². The predicted molar refractivity (Wildman–Crippen MR) is 521 cm³/mol. The molecule has 8 heterocycles. The van der Waals surface area contributed by atoms with Crippen molar-refractivity contribution in [1.82, 2.24) is 44.6 Å². The molecule has 17 rings (SSSR count). The molecule has 6 aromatic rings. The van der Waals surface area contributed by atoms with Crippen LogP contribution in [0.2, 0.25) is 0 Å². The molecule has 30 heteroatoms. The maximum atomic E-state index is 14.8. The van der Waals surface area contributed by atoms with Crippen molar-refractivity contribution < 1.29 is 100 Å². The number of fused-ring (bicyclic) bond motifs is 11. The number of ether oxygens (including phenoxy) is 11. The summed E-state index contributed by atoms with van der Waals surface area (Å²) in [5.74, 6) is -2.95. The number of amides is 3. The van der Waals surface area contributed by atoms with Crippen molar-refractivity contribution in [2.75, 3.05) is 41.0 Å². The zero-order valence-electron chi connectivity index (χ0n) is 84.3. The lowest BCUT2D eigenvalue weighted by Gasteiger charge is -2.37. The smallest absolute Gasteiger partial charge is 0.329 e. The molecule has 18 atom stereocenters. The Morgan fingerprint density at radius 1 is 0.518 bits per heavy atom. The average Bonchev–Trinajstić information content (AvgIpc) is 1.64. The van der Waals surface area contributed by atoms with E-state index in [0.717, 1.165) is 189 Å². The third kappa shape index (κ3) is 24.3. The highest BCUT2D eigenvalue weighted by Crippen LogP contribution is 2.53. The predicted octanol–water partition coefficient (Wildman–Crippen LogP) is 18.3. The van der Waals surface area contributed by atoms with Crippen molar-refractivity contribution in [2.45, 2.75) is 348 Å². The van der Waals surface area contributed by atoms with Gasteiger partial charge in [0.2, 0.25) is 35.4 Å². The molecule has 0 radical (unpaired) electrons. The number of unbranched alkanes of at least 4 members (excludes halogenated alkanes) is 1. The molecule has 3 amide bonds. The first-order chi connectivity index (χ1) is 66.3. The second-order valence-corrected chi connectivity index (χ2v) is 44.2. The van der Waals surface area contributed by atoms with Crippen LogP contribution in [0.4, 0.5) is 0 Å². The minimum Gasteiger partial charge on any atom is -0.497 e. The van der Waals surface area contributed by atoms with Gasteiger partial charge in [-0.15, -0.1) is 6.58 Å². The van der Waals surface area contributed by atoms with Gasteiger partial charge in [0.05, 0.1) is 111 Å². The van der Waals surface area contributed by atoms with Gasteiger partial charge in [-0.3, -0.25) is 28.8 Å². The number of carbonyl (C=O) groups excluding carboxylic acids is 8. The molecule has 0 spiro atoms. The van der Waals surface area contributed by atoms with E-state index < -0.39 is 106 Å². The maximum absolute atomic E-state index is 14.8. The molecule has 11 aliphatic rings. The number of carbonyl (C=O) groups is 9. The van der Waals surface area contributed by atoms with Crippen LogP contribution in [0.1, 0.15) is 286 Å². The Labute approximate surface area is 817 Å². The molecule has 139 heavy (non-hydrogen) atoms. The van der Waals surface area contributed by atoms with Gasteiger partial charge >= 0.3 is 35.8 Å². The van der Waals surface area contributed by atoms with Crippen LogP contribution < -0.4 is 28.4 Å². The molecule has 9 fully saturated rings. The van der Waals surface area contributed by atoms with E-state index in [1.165, 1.54) is 4.90 Å². The second kappa shape index (κ2) is 43.3. The van der Waals surface area contributed by atoms with Gasteiger partial charge in [0.1, 0.15) is 100 Å². The van der Waals surface area contributed by atoms with Crippen LogP contribution in [0.5, 0.6) is 34.9 Å². The Hall–Kier alpha value is -10.8. The highest BCUT2D eigenvalue weighted by atomic mass is 16.6. The first-order valence-corrected chi connectivity index (χ1v) is 51.3. The van der Waals surface area contributed by atoms with Gasteiger partial charge in [-0.2, -0.15) is 0 Å². The summed E-state index contributed by atoms with van der Waals surface area (Å²) in [7, 11) is 4.80. The summed E-state index contributed by atoms with van der Waals surface area (Å²) in [6, 6.07) is 13.7. The van der Waals surface area contributed by atoms with Gasteiger partial charge in [0.15, 0.2) is 0 Å². The number of allylic oxidation sites excluding steroid dienone is 1. The Morgan fingerprint density at radius 3 is 1.43 bits per heavy atom. The molecule has 0 unspecified atom stereocenters. The Kier molecular flexibility index (Phi) is 32.0. The number of aromatic nitrogens is 6. The van der Waals surface area contributed by atoms with E-state index in [-0.39, 0.29) is 110 Å². The highest BCUT2D eigenvalue weighted by Gasteiger charge is 2.58. The quantitative estimate of drug-likeness (QED) is 0.0321. The zero-order chi connectivity index (χ0) is 99.3. The summed E-state index contributed by atoms with van der Waals surface area (Å²) in [6.07, 6.45) is 27.2. The highest BCUT2D eigenvalue weighted by molar-refractivity contribution is 5.93. The van der Waals surface area contributed by atoms with E-state index in [4.69, 9.17) is 77.0 Å². The molecule has 3 aromatic heterocycles. The number of hydrogen-bond donors (Lipinski definition) is 1. The normalized spacial score (nSPS) is 28.6. The van der Waals surface area contributed by atoms with Crippen LogP contribution in [0.3, 0.4) is 0 Å². The van der Waals surface area contributed by atoms with Crippen LogP contribution >= 0.6 is 0 Å². The number of benzene rings is 3. The van der Waals surface area contributed by atoms with Crippen LogP contribution in [0, 0.1) is 69.5 Å². The molecule has 3 saturated heterocycles. The van der Waals surface area contributed by atoms with Gasteiger partial charge in [-0.1, -0.05) is 118 Å². The molecule has 30 nitrogen and oxygen atoms in total. The first kappa shape index (κ1) is 103. The van der Waals surface area contributed by atoms with E-state index in [0.29, 0.717) is 87.4 Å². The van der Waals surface area contributed by atoms with Gasteiger partial charge in [-0.05, 0) is 234 Å². The number of nitrogens with zero attached hydrogens (tertiary/aromatic N) is 9. The minimum absolute atomic E-state index is 0.0120. The van der Waals surface area contributed by atoms with Crippen molar-refractivity contribution in [3.8, 4) is 34.9 Å². The fourth-order valence-corrected chi connectivity index (χ4v) is 23.0. The van der Waals surface area contributed by atoms with Gasteiger partial charge < -0.3 is 71.9 Å². The summed E-state index contributed by atoms with van der Waals surface area (Å²) >= 11 is 0. The van der Waals surface area contributed by atoms with Crippen molar-refractivity contribution in [3.63, 3.8) is 0 Å². The van der Waals surface area contributed by atoms with E-state index >= 15 is 0 Å². The third-order valence-electron chi connectivity index (χ3n) is 31.6. The summed E-state index contributed by atoms with van der Waals surface area (Å²) in [5, 5.41) is 10.3. The number of aryl methyl sites for hydroxylation is 2. The number of aliphatic carboxylic acids is 1. The topological polar surface area (TPSA) is 362 Å². The molecular formula is C109H147N9O21. The number of likely N-dealkylation sites (tertiary alicyclic amines) is 1. The van der Waals surface area contributed by atoms with E-state index in [2.05, 4.69) is 38.9 Å². The lowest BCUT2D eigenvalue weighted by Crippen LogP contribution is -2.50. The van der Waals surface area contributed by atoms with Gasteiger partial charge in [0.25, 0.3) is 0 Å². The summed E-state index contributed by atoms with van der Waals surface area (Å²) in [5.41, 5.74) is 3.29. The largest absolute Gasteiger partial charge is 0.497 e. The van der Waals surface area contributed by atoms with E-state index in [1.807, 2.05) is 96.1 Å². The Balaban J connectivity index is 0.000000158.